The smallest absolute Gasteiger partial charge is 0.0992 e. The lowest BCUT2D eigenvalue weighted by Gasteiger charge is -2.45. The van der Waals surface area contributed by atoms with Crippen LogP contribution in [0.3, 0.4) is 0 Å². The molecule has 0 unspecified atom stereocenters. The van der Waals surface area contributed by atoms with Gasteiger partial charge in [0.15, 0.2) is 0 Å². The number of rotatable bonds is 0. The fraction of sp³-hybridized carbons (Fsp3) is 0.625. The van der Waals surface area contributed by atoms with E-state index < -0.39 is 11.7 Å². The lowest BCUT2D eigenvalue weighted by molar-refractivity contribution is -0.150. The van der Waals surface area contributed by atoms with Crippen LogP contribution >= 0.6 is 0 Å². The van der Waals surface area contributed by atoms with Crippen molar-refractivity contribution in [3.8, 4) is 0 Å². The van der Waals surface area contributed by atoms with Crippen LogP contribution in [-0.2, 0) is 5.60 Å². The summed E-state index contributed by atoms with van der Waals surface area (Å²) in [6.45, 7) is 4.47. The number of aliphatic hydroxyl groups excluding tert-OH is 1. The summed E-state index contributed by atoms with van der Waals surface area (Å²) in [5.74, 6) is 0.533. The van der Waals surface area contributed by atoms with Crippen molar-refractivity contribution in [3.63, 3.8) is 0 Å². The van der Waals surface area contributed by atoms with Gasteiger partial charge in [0.25, 0.3) is 0 Å². The van der Waals surface area contributed by atoms with Crippen molar-refractivity contribution in [1.29, 1.82) is 0 Å². The second-order valence-corrected chi connectivity index (χ2v) is 6.98. The topological polar surface area (TPSA) is 40.5 Å². The molecule has 2 bridgehead atoms. The van der Waals surface area contributed by atoms with Crippen molar-refractivity contribution in [1.82, 2.24) is 0 Å². The van der Waals surface area contributed by atoms with Gasteiger partial charge in [0.1, 0.15) is 0 Å². The standard InChI is InChI=1S/C16H20O2/c1-14(2)10-7-8-15(14)13(17)11-5-3-4-6-12(11)16(15,18)9-10/h3-6,10,13,17-18H,7-9H2,1-2H3/t10-,13+,15+,16+/m1/s1. The maximum absolute atomic E-state index is 11.3. The van der Waals surface area contributed by atoms with Crippen LogP contribution in [-0.4, -0.2) is 10.2 Å². The van der Waals surface area contributed by atoms with Crippen molar-refractivity contribution in [3.05, 3.63) is 35.4 Å². The maximum atomic E-state index is 11.3. The van der Waals surface area contributed by atoms with E-state index in [0.29, 0.717) is 5.92 Å². The molecule has 96 valence electrons. The zero-order chi connectivity index (χ0) is 12.8. The first-order chi connectivity index (χ1) is 8.45. The van der Waals surface area contributed by atoms with Gasteiger partial charge in [-0.2, -0.15) is 0 Å². The molecule has 2 fully saturated rings. The van der Waals surface area contributed by atoms with E-state index in [9.17, 15) is 10.2 Å². The van der Waals surface area contributed by atoms with Gasteiger partial charge in [0.05, 0.1) is 11.7 Å². The highest BCUT2D eigenvalue weighted by Gasteiger charge is 2.77. The van der Waals surface area contributed by atoms with Crippen LogP contribution in [0.1, 0.15) is 50.3 Å². The van der Waals surface area contributed by atoms with Crippen LogP contribution in [0.5, 0.6) is 0 Å². The summed E-state index contributed by atoms with van der Waals surface area (Å²) >= 11 is 0. The number of hydrogen-bond donors (Lipinski definition) is 2. The molecule has 0 radical (unpaired) electrons. The third-order valence-electron chi connectivity index (χ3n) is 6.51. The van der Waals surface area contributed by atoms with E-state index in [2.05, 4.69) is 13.8 Å². The fourth-order valence-electron chi connectivity index (χ4n) is 5.53. The van der Waals surface area contributed by atoms with Gasteiger partial charge in [-0.15, -0.1) is 0 Å². The van der Waals surface area contributed by atoms with Gasteiger partial charge in [-0.1, -0.05) is 38.1 Å². The summed E-state index contributed by atoms with van der Waals surface area (Å²) in [5.41, 5.74) is 0.769. The molecular weight excluding hydrogens is 224 g/mol. The van der Waals surface area contributed by atoms with E-state index in [-0.39, 0.29) is 10.8 Å². The second-order valence-electron chi connectivity index (χ2n) is 6.98. The number of hydrogen-bond acceptors (Lipinski definition) is 2. The molecule has 3 aliphatic rings. The molecule has 0 saturated heterocycles. The summed E-state index contributed by atoms with van der Waals surface area (Å²) < 4.78 is 0. The monoisotopic (exact) mass is 244 g/mol. The van der Waals surface area contributed by atoms with Crippen LogP contribution < -0.4 is 0 Å². The van der Waals surface area contributed by atoms with Crippen LogP contribution in [0.2, 0.25) is 0 Å². The first-order valence-electron chi connectivity index (χ1n) is 6.95. The Bertz CT molecular complexity index is 536. The minimum Gasteiger partial charge on any atom is -0.388 e. The predicted octanol–water partition coefficient (Wildman–Crippen LogP) is 2.75. The molecule has 0 aromatic heterocycles. The SMILES string of the molecule is CC1(C)[C@@H]2CC[C@]13[C@@H](O)c1ccccc1[C@@]3(O)C2. The summed E-state index contributed by atoms with van der Waals surface area (Å²) in [4.78, 5) is 0. The maximum Gasteiger partial charge on any atom is 0.0992 e. The highest BCUT2D eigenvalue weighted by molar-refractivity contribution is 5.48. The van der Waals surface area contributed by atoms with E-state index in [1.165, 1.54) is 0 Å². The lowest BCUT2D eigenvalue weighted by atomic mass is 9.62. The Hall–Kier alpha value is -0.860. The van der Waals surface area contributed by atoms with E-state index in [1.807, 2.05) is 24.3 Å². The Labute approximate surface area is 108 Å². The second kappa shape index (κ2) is 2.83. The third kappa shape index (κ3) is 0.810. The van der Waals surface area contributed by atoms with Gasteiger partial charge in [-0.3, -0.25) is 0 Å². The van der Waals surface area contributed by atoms with Crippen molar-refractivity contribution < 1.29 is 10.2 Å². The molecule has 4 atom stereocenters. The molecule has 4 rings (SSSR count). The molecule has 2 N–H and O–H groups in total. The van der Waals surface area contributed by atoms with Crippen molar-refractivity contribution in [2.75, 3.05) is 0 Å². The van der Waals surface area contributed by atoms with E-state index in [1.54, 1.807) is 0 Å². The van der Waals surface area contributed by atoms with Crippen LogP contribution in [0, 0.1) is 16.7 Å². The Morgan fingerprint density at radius 2 is 1.94 bits per heavy atom. The van der Waals surface area contributed by atoms with Crippen molar-refractivity contribution >= 4 is 0 Å². The predicted molar refractivity (Wildman–Crippen MR) is 68.9 cm³/mol. The Kier molecular flexibility index (Phi) is 1.73. The minimum absolute atomic E-state index is 0.0141. The van der Waals surface area contributed by atoms with Gasteiger partial charge in [-0.25, -0.2) is 0 Å². The number of aliphatic hydroxyl groups is 2. The van der Waals surface area contributed by atoms with Crippen LogP contribution in [0.15, 0.2) is 24.3 Å². The fourth-order valence-corrected chi connectivity index (χ4v) is 5.53. The zero-order valence-corrected chi connectivity index (χ0v) is 11.0. The first-order valence-corrected chi connectivity index (χ1v) is 6.95. The summed E-state index contributed by atoms with van der Waals surface area (Å²) in [6, 6.07) is 7.92. The minimum atomic E-state index is -0.810. The Morgan fingerprint density at radius 3 is 2.67 bits per heavy atom. The molecule has 0 amide bonds. The average molecular weight is 244 g/mol. The molecule has 18 heavy (non-hydrogen) atoms. The summed E-state index contributed by atoms with van der Waals surface area (Å²) in [6.07, 6.45) is 2.38. The quantitative estimate of drug-likeness (QED) is 0.736. The van der Waals surface area contributed by atoms with Crippen LogP contribution in [0.25, 0.3) is 0 Å². The molecule has 2 saturated carbocycles. The molecule has 0 heterocycles. The summed E-state index contributed by atoms with van der Waals surface area (Å²) in [7, 11) is 0. The zero-order valence-electron chi connectivity index (χ0n) is 11.0. The molecule has 3 aliphatic carbocycles. The van der Waals surface area contributed by atoms with Crippen molar-refractivity contribution in [2.45, 2.75) is 44.8 Å². The van der Waals surface area contributed by atoms with E-state index >= 15 is 0 Å². The normalized spacial score (nSPS) is 47.1. The van der Waals surface area contributed by atoms with Gasteiger partial charge in [0.2, 0.25) is 0 Å². The lowest BCUT2D eigenvalue weighted by Crippen LogP contribution is -2.46. The Balaban J connectivity index is 2.04. The first kappa shape index (κ1) is 11.0. The van der Waals surface area contributed by atoms with E-state index in [0.717, 1.165) is 30.4 Å². The molecular formula is C16H20O2. The molecule has 1 spiro atoms. The van der Waals surface area contributed by atoms with E-state index in [4.69, 9.17) is 0 Å². The molecule has 1 aromatic rings. The summed E-state index contributed by atoms with van der Waals surface area (Å²) in [5, 5.41) is 22.2. The van der Waals surface area contributed by atoms with Gasteiger partial charge in [-0.05, 0) is 41.7 Å². The molecule has 2 nitrogen and oxygen atoms in total. The van der Waals surface area contributed by atoms with Gasteiger partial charge < -0.3 is 10.2 Å². The number of benzene rings is 1. The highest BCUT2D eigenvalue weighted by Crippen LogP contribution is 2.79. The van der Waals surface area contributed by atoms with Gasteiger partial charge >= 0.3 is 0 Å². The molecule has 2 heteroatoms. The number of fused-ring (bicyclic) bond motifs is 3. The highest BCUT2D eigenvalue weighted by atomic mass is 16.3. The van der Waals surface area contributed by atoms with Crippen LogP contribution in [0.4, 0.5) is 0 Å². The van der Waals surface area contributed by atoms with Gasteiger partial charge in [0, 0.05) is 5.41 Å². The third-order valence-corrected chi connectivity index (χ3v) is 6.51. The Morgan fingerprint density at radius 1 is 1.22 bits per heavy atom. The van der Waals surface area contributed by atoms with Crippen molar-refractivity contribution in [2.24, 2.45) is 16.7 Å². The largest absolute Gasteiger partial charge is 0.388 e. The molecule has 1 aromatic carbocycles. The average Bonchev–Trinajstić information content (AvgIpc) is 2.80. The molecule has 0 aliphatic heterocycles.